The van der Waals surface area contributed by atoms with Gasteiger partial charge in [-0.05, 0) is 37.6 Å². The van der Waals surface area contributed by atoms with Crippen molar-refractivity contribution in [3.8, 4) is 16.9 Å². The van der Waals surface area contributed by atoms with Gasteiger partial charge < -0.3 is 5.11 Å². The molecule has 0 fully saturated rings. The average molecular weight is 385 g/mol. The topological polar surface area (TPSA) is 55.1 Å². The Balaban J connectivity index is 2.24. The van der Waals surface area contributed by atoms with Crippen LogP contribution >= 0.6 is 15.9 Å². The molecule has 0 amide bonds. The number of hydrogen-bond acceptors (Lipinski definition) is 2. The van der Waals surface area contributed by atoms with Crippen molar-refractivity contribution in [1.29, 1.82) is 0 Å². The lowest BCUT2D eigenvalue weighted by Gasteiger charge is -2.06. The van der Waals surface area contributed by atoms with E-state index in [4.69, 9.17) is 0 Å². The van der Waals surface area contributed by atoms with Gasteiger partial charge in [0, 0.05) is 10.0 Å². The number of aryl methyl sites for hydroxylation is 1. The van der Waals surface area contributed by atoms with E-state index in [0.717, 1.165) is 21.3 Å². The molecule has 0 aliphatic heterocycles. The predicted molar refractivity (Wildman–Crippen MR) is 97.8 cm³/mol. The highest BCUT2D eigenvalue weighted by Crippen LogP contribution is 2.29. The van der Waals surface area contributed by atoms with Crippen LogP contribution in [0.2, 0.25) is 0 Å². The van der Waals surface area contributed by atoms with Gasteiger partial charge >= 0.3 is 5.97 Å². The van der Waals surface area contributed by atoms with Crippen LogP contribution in [0.1, 0.15) is 28.5 Å². The van der Waals surface area contributed by atoms with Crippen molar-refractivity contribution in [2.45, 2.75) is 20.3 Å². The largest absolute Gasteiger partial charge is 0.478 e. The van der Waals surface area contributed by atoms with E-state index in [1.54, 1.807) is 4.68 Å². The number of aromatic nitrogens is 2. The van der Waals surface area contributed by atoms with Gasteiger partial charge in [-0.2, -0.15) is 5.10 Å². The molecule has 4 nitrogen and oxygen atoms in total. The van der Waals surface area contributed by atoms with E-state index in [1.165, 1.54) is 0 Å². The summed E-state index contributed by atoms with van der Waals surface area (Å²) in [7, 11) is 0. The number of carboxylic acids is 1. The molecular weight excluding hydrogens is 368 g/mol. The number of nitrogens with zero attached hydrogens (tertiary/aromatic N) is 2. The fraction of sp³-hybridized carbons (Fsp3) is 0.158. The monoisotopic (exact) mass is 384 g/mol. The minimum absolute atomic E-state index is 0.268. The molecule has 0 saturated carbocycles. The van der Waals surface area contributed by atoms with Gasteiger partial charge in [0.15, 0.2) is 0 Å². The van der Waals surface area contributed by atoms with Gasteiger partial charge in [0.1, 0.15) is 11.3 Å². The van der Waals surface area contributed by atoms with Crippen LogP contribution in [0.3, 0.4) is 0 Å². The number of aromatic carboxylic acids is 1. The molecule has 2 aromatic carbocycles. The summed E-state index contributed by atoms with van der Waals surface area (Å²) in [5.41, 5.74) is 4.24. The Kier molecular flexibility index (Phi) is 4.53. The Bertz CT molecular complexity index is 881. The quantitative estimate of drug-likeness (QED) is 0.697. The van der Waals surface area contributed by atoms with Crippen molar-refractivity contribution in [2.24, 2.45) is 0 Å². The molecule has 122 valence electrons. The van der Waals surface area contributed by atoms with Crippen molar-refractivity contribution in [2.75, 3.05) is 0 Å². The highest BCUT2D eigenvalue weighted by Gasteiger charge is 2.24. The lowest BCUT2D eigenvalue weighted by molar-refractivity contribution is 0.0696. The van der Waals surface area contributed by atoms with Gasteiger partial charge in [-0.15, -0.1) is 0 Å². The first-order valence-electron chi connectivity index (χ1n) is 7.69. The average Bonchev–Trinajstić information content (AvgIpc) is 2.96. The van der Waals surface area contributed by atoms with Crippen molar-refractivity contribution in [3.63, 3.8) is 0 Å². The maximum atomic E-state index is 11.9. The molecule has 0 bridgehead atoms. The number of halogens is 1. The third-order valence-electron chi connectivity index (χ3n) is 3.93. The molecule has 0 aliphatic rings. The Hall–Kier alpha value is -2.40. The number of hydrogen-bond donors (Lipinski definition) is 1. The van der Waals surface area contributed by atoms with Gasteiger partial charge in [-0.1, -0.05) is 52.7 Å². The Morgan fingerprint density at radius 3 is 2.29 bits per heavy atom. The van der Waals surface area contributed by atoms with Crippen molar-refractivity contribution in [3.05, 3.63) is 69.8 Å². The van der Waals surface area contributed by atoms with Crippen LogP contribution in [-0.4, -0.2) is 20.9 Å². The maximum absolute atomic E-state index is 11.9. The third-order valence-corrected chi connectivity index (χ3v) is 4.45. The zero-order valence-corrected chi connectivity index (χ0v) is 15.0. The molecule has 24 heavy (non-hydrogen) atoms. The van der Waals surface area contributed by atoms with E-state index in [-0.39, 0.29) is 5.56 Å². The lowest BCUT2D eigenvalue weighted by atomic mass is 10.0. The molecule has 3 rings (SSSR count). The third kappa shape index (κ3) is 2.99. The summed E-state index contributed by atoms with van der Waals surface area (Å²) in [5.74, 6) is -0.953. The number of carboxylic acid groups (broad SMARTS) is 1. The number of rotatable bonds is 4. The maximum Gasteiger partial charge on any atom is 0.339 e. The summed E-state index contributed by atoms with van der Waals surface area (Å²) in [4.78, 5) is 11.9. The minimum atomic E-state index is -0.953. The van der Waals surface area contributed by atoms with Crippen LogP contribution < -0.4 is 0 Å². The highest BCUT2D eigenvalue weighted by molar-refractivity contribution is 9.10. The number of benzene rings is 2. The zero-order chi connectivity index (χ0) is 17.3. The van der Waals surface area contributed by atoms with E-state index in [0.29, 0.717) is 17.8 Å². The minimum Gasteiger partial charge on any atom is -0.478 e. The molecule has 1 N–H and O–H groups in total. The van der Waals surface area contributed by atoms with E-state index < -0.39 is 5.97 Å². The Morgan fingerprint density at radius 1 is 1.12 bits per heavy atom. The molecule has 1 aromatic heterocycles. The molecule has 0 radical (unpaired) electrons. The first kappa shape index (κ1) is 16.5. The van der Waals surface area contributed by atoms with Gasteiger partial charge in [-0.3, -0.25) is 0 Å². The summed E-state index contributed by atoms with van der Waals surface area (Å²) in [6.45, 7) is 3.94. The van der Waals surface area contributed by atoms with Crippen LogP contribution in [-0.2, 0) is 6.42 Å². The number of carbonyl (C=O) groups is 1. The van der Waals surface area contributed by atoms with Crippen LogP contribution in [0.5, 0.6) is 0 Å². The van der Waals surface area contributed by atoms with Gasteiger partial charge in [-0.25, -0.2) is 9.48 Å². The van der Waals surface area contributed by atoms with E-state index in [1.807, 2.05) is 62.4 Å². The van der Waals surface area contributed by atoms with Gasteiger partial charge in [0.05, 0.1) is 11.4 Å². The molecule has 0 saturated heterocycles. The zero-order valence-electron chi connectivity index (χ0n) is 13.5. The predicted octanol–water partition coefficient (Wildman–Crippen LogP) is 4.87. The van der Waals surface area contributed by atoms with Crippen LogP contribution in [0.15, 0.2) is 53.0 Å². The SMILES string of the molecule is CCc1c(C(=O)O)c(-c2ccc(C)cc2)nn1-c1ccc(Br)cc1. The Morgan fingerprint density at radius 2 is 1.75 bits per heavy atom. The van der Waals surface area contributed by atoms with Crippen LogP contribution in [0, 0.1) is 6.92 Å². The molecule has 0 unspecified atom stereocenters. The normalized spacial score (nSPS) is 10.8. The summed E-state index contributed by atoms with van der Waals surface area (Å²) >= 11 is 3.42. The molecule has 0 atom stereocenters. The molecule has 0 aliphatic carbocycles. The molecular formula is C19H17BrN2O2. The highest BCUT2D eigenvalue weighted by atomic mass is 79.9. The smallest absolute Gasteiger partial charge is 0.339 e. The fourth-order valence-corrected chi connectivity index (χ4v) is 2.98. The standard InChI is InChI=1S/C19H17BrN2O2/c1-3-16-17(19(23)24)18(13-6-4-12(2)5-7-13)21-22(16)15-10-8-14(20)9-11-15/h4-11H,3H2,1-2H3,(H,23,24). The molecule has 5 heteroatoms. The van der Waals surface area contributed by atoms with E-state index >= 15 is 0 Å². The first-order valence-corrected chi connectivity index (χ1v) is 8.48. The molecule has 1 heterocycles. The Labute approximate surface area is 148 Å². The second-order valence-corrected chi connectivity index (χ2v) is 6.50. The second kappa shape index (κ2) is 6.61. The van der Waals surface area contributed by atoms with E-state index in [9.17, 15) is 9.90 Å². The van der Waals surface area contributed by atoms with Gasteiger partial charge in [0.2, 0.25) is 0 Å². The molecule has 0 spiro atoms. The van der Waals surface area contributed by atoms with Crippen LogP contribution in [0.4, 0.5) is 0 Å². The molecule has 3 aromatic rings. The summed E-state index contributed by atoms with van der Waals surface area (Å²) in [6.07, 6.45) is 0.580. The van der Waals surface area contributed by atoms with Crippen molar-refractivity contribution in [1.82, 2.24) is 9.78 Å². The fourth-order valence-electron chi connectivity index (χ4n) is 2.71. The van der Waals surface area contributed by atoms with Crippen molar-refractivity contribution >= 4 is 21.9 Å². The second-order valence-electron chi connectivity index (χ2n) is 5.58. The van der Waals surface area contributed by atoms with Gasteiger partial charge in [0.25, 0.3) is 0 Å². The lowest BCUT2D eigenvalue weighted by Crippen LogP contribution is -2.05. The first-order chi connectivity index (χ1) is 11.5. The van der Waals surface area contributed by atoms with Crippen LogP contribution in [0.25, 0.3) is 16.9 Å². The van der Waals surface area contributed by atoms with Crippen molar-refractivity contribution < 1.29 is 9.90 Å². The van der Waals surface area contributed by atoms with E-state index in [2.05, 4.69) is 21.0 Å². The summed E-state index contributed by atoms with van der Waals surface area (Å²) < 4.78 is 2.69. The summed E-state index contributed by atoms with van der Waals surface area (Å²) in [5, 5.41) is 14.4. The summed E-state index contributed by atoms with van der Waals surface area (Å²) in [6, 6.07) is 15.4.